The lowest BCUT2D eigenvalue weighted by atomic mass is 10.6. The molecule has 0 aromatic heterocycles. The minimum Gasteiger partial charge on any atom is -0.356 e. The standard InChI is InChI=1S/C3H9NO3.NO3/c1-4-2-3(5,6)7;2-1(3)4/h4-7H,2H2,1H3;/q;-1/p+1. The van der Waals surface area contributed by atoms with E-state index in [4.69, 9.17) is 30.6 Å². The average molecular weight is 170 g/mol. The molecule has 0 bridgehead atoms. The summed E-state index contributed by atoms with van der Waals surface area (Å²) in [5.41, 5.74) is 0. The Hall–Kier alpha value is -0.960. The normalized spacial score (nSPS) is 9.82. The Bertz CT molecular complexity index is 105. The summed E-state index contributed by atoms with van der Waals surface area (Å²) in [6, 6.07) is 0. The number of likely N-dealkylation sites (N-methyl/N-ethyl adjacent to an activating group) is 1. The van der Waals surface area contributed by atoms with E-state index >= 15 is 0 Å². The van der Waals surface area contributed by atoms with E-state index in [9.17, 15) is 0 Å². The predicted octanol–water partition coefficient (Wildman–Crippen LogP) is -3.43. The van der Waals surface area contributed by atoms with Crippen LogP contribution in [-0.2, 0) is 0 Å². The summed E-state index contributed by atoms with van der Waals surface area (Å²) < 4.78 is 0. The summed E-state index contributed by atoms with van der Waals surface area (Å²) in [5.74, 6) is -2.51. The number of hydrogen-bond acceptors (Lipinski definition) is 6. The molecule has 0 heterocycles. The average Bonchev–Trinajstić information content (AvgIpc) is 1.58. The van der Waals surface area contributed by atoms with Gasteiger partial charge in [0.1, 0.15) is 0 Å². The summed E-state index contributed by atoms with van der Waals surface area (Å²) in [5, 5.41) is 40.5. The molecule has 0 aromatic rings. The van der Waals surface area contributed by atoms with Gasteiger partial charge in [-0.1, -0.05) is 0 Å². The Balaban J connectivity index is 0. The highest BCUT2D eigenvalue weighted by atomic mass is 16.9. The Kier molecular flexibility index (Phi) is 6.69. The first-order chi connectivity index (χ1) is 4.79. The minimum absolute atomic E-state index is 0.118. The Morgan fingerprint density at radius 3 is 1.73 bits per heavy atom. The molecule has 0 aliphatic heterocycles. The highest BCUT2D eigenvalue weighted by Gasteiger charge is 2.18. The van der Waals surface area contributed by atoms with Crippen molar-refractivity contribution in [1.82, 2.24) is 0 Å². The van der Waals surface area contributed by atoms with Gasteiger partial charge in [-0.2, -0.15) is 0 Å². The van der Waals surface area contributed by atoms with Crippen LogP contribution in [-0.4, -0.2) is 40.0 Å². The molecule has 0 spiro atoms. The molecule has 0 atom stereocenters. The summed E-state index contributed by atoms with van der Waals surface area (Å²) >= 11 is 0. The van der Waals surface area contributed by atoms with Crippen molar-refractivity contribution >= 4 is 0 Å². The van der Waals surface area contributed by atoms with E-state index in [2.05, 4.69) is 0 Å². The Morgan fingerprint density at radius 2 is 1.73 bits per heavy atom. The van der Waals surface area contributed by atoms with Crippen molar-refractivity contribution in [3.8, 4) is 0 Å². The largest absolute Gasteiger partial charge is 0.356 e. The second kappa shape index (κ2) is 5.80. The van der Waals surface area contributed by atoms with Crippen LogP contribution < -0.4 is 5.32 Å². The fourth-order valence-corrected chi connectivity index (χ4v) is 0.274. The third-order valence-electron chi connectivity index (χ3n) is 0.478. The van der Waals surface area contributed by atoms with Crippen LogP contribution in [0.2, 0.25) is 0 Å². The zero-order valence-electron chi connectivity index (χ0n) is 5.80. The van der Waals surface area contributed by atoms with E-state index in [1.165, 1.54) is 5.32 Å². The summed E-state index contributed by atoms with van der Waals surface area (Å²) in [7, 11) is 1.62. The molecule has 0 aliphatic rings. The second-order valence-corrected chi connectivity index (χ2v) is 1.61. The van der Waals surface area contributed by atoms with E-state index in [1.807, 2.05) is 0 Å². The third-order valence-corrected chi connectivity index (χ3v) is 0.478. The van der Waals surface area contributed by atoms with Gasteiger partial charge in [0.05, 0.1) is 12.1 Å². The number of quaternary nitrogens is 1. The summed E-state index contributed by atoms with van der Waals surface area (Å²) in [6.45, 7) is -0.118. The zero-order chi connectivity index (χ0) is 9.49. The molecule has 5 N–H and O–H groups in total. The molecule has 8 nitrogen and oxygen atoms in total. The minimum atomic E-state index is -2.51. The van der Waals surface area contributed by atoms with E-state index in [0.29, 0.717) is 0 Å². The van der Waals surface area contributed by atoms with Crippen LogP contribution in [0, 0.1) is 15.3 Å². The van der Waals surface area contributed by atoms with Crippen LogP contribution in [0.4, 0.5) is 0 Å². The third kappa shape index (κ3) is 48.5. The van der Waals surface area contributed by atoms with Crippen molar-refractivity contribution in [3.63, 3.8) is 0 Å². The maximum atomic E-state index is 8.25. The van der Waals surface area contributed by atoms with Crippen LogP contribution in [0.3, 0.4) is 0 Å². The number of nitrogens with zero attached hydrogens (tertiary/aromatic N) is 1. The fourth-order valence-electron chi connectivity index (χ4n) is 0.274. The molecule has 8 heteroatoms. The molecule has 68 valence electrons. The fraction of sp³-hybridized carbons (Fsp3) is 1.00. The number of nitrogens with two attached hydrogens (primary N) is 1. The van der Waals surface area contributed by atoms with Gasteiger partial charge < -0.3 is 36.0 Å². The first-order valence-corrected chi connectivity index (χ1v) is 2.56. The van der Waals surface area contributed by atoms with Crippen molar-refractivity contribution in [2.24, 2.45) is 0 Å². The monoisotopic (exact) mass is 170 g/mol. The molecule has 0 rings (SSSR count). The summed E-state index contributed by atoms with van der Waals surface area (Å²) in [4.78, 5) is 8.25. The Morgan fingerprint density at radius 1 is 1.45 bits per heavy atom. The van der Waals surface area contributed by atoms with Crippen molar-refractivity contribution in [1.29, 1.82) is 0 Å². The van der Waals surface area contributed by atoms with Gasteiger partial charge in [-0.05, 0) is 0 Å². The van der Waals surface area contributed by atoms with Gasteiger partial charge in [0, 0.05) is 0 Å². The smallest absolute Gasteiger partial charge is 0.327 e. The van der Waals surface area contributed by atoms with Crippen LogP contribution in [0.5, 0.6) is 0 Å². The highest BCUT2D eigenvalue weighted by molar-refractivity contribution is 4.34. The molecule has 0 amide bonds. The number of hydrogen-bond donors (Lipinski definition) is 4. The second-order valence-electron chi connectivity index (χ2n) is 1.61. The van der Waals surface area contributed by atoms with Crippen molar-refractivity contribution in [3.05, 3.63) is 15.3 Å². The van der Waals surface area contributed by atoms with Gasteiger partial charge in [0.2, 0.25) is 0 Å². The molecule has 0 aromatic carbocycles. The lowest BCUT2D eigenvalue weighted by Gasteiger charge is -2.08. The van der Waals surface area contributed by atoms with Gasteiger partial charge in [0.25, 0.3) is 0 Å². The molecule has 0 unspecified atom stereocenters. The number of rotatable bonds is 2. The molecular formula is C3H10N2O6. The topological polar surface area (TPSA) is 144 Å². The van der Waals surface area contributed by atoms with Crippen LogP contribution in [0.25, 0.3) is 0 Å². The van der Waals surface area contributed by atoms with Crippen molar-refractivity contribution < 1.29 is 25.7 Å². The van der Waals surface area contributed by atoms with Gasteiger partial charge >= 0.3 is 5.97 Å². The SMILES string of the molecule is C[NH2+]CC(O)(O)O.O=[N+]([O-])[O-]. The lowest BCUT2D eigenvalue weighted by Crippen LogP contribution is -2.84. The van der Waals surface area contributed by atoms with E-state index in [-0.39, 0.29) is 6.54 Å². The van der Waals surface area contributed by atoms with Gasteiger partial charge in [-0.15, -0.1) is 0 Å². The number of aliphatic hydroxyl groups is 3. The predicted molar refractivity (Wildman–Crippen MR) is 32.5 cm³/mol. The van der Waals surface area contributed by atoms with Crippen LogP contribution in [0.15, 0.2) is 0 Å². The highest BCUT2D eigenvalue weighted by Crippen LogP contribution is 1.81. The molecule has 0 saturated heterocycles. The van der Waals surface area contributed by atoms with E-state index in [1.54, 1.807) is 7.05 Å². The van der Waals surface area contributed by atoms with Crippen molar-refractivity contribution in [2.45, 2.75) is 5.97 Å². The first kappa shape index (κ1) is 12.7. The van der Waals surface area contributed by atoms with Gasteiger partial charge in [-0.25, -0.2) is 0 Å². The Labute approximate surface area is 61.8 Å². The maximum absolute atomic E-state index is 8.25. The van der Waals surface area contributed by atoms with Gasteiger partial charge in [-0.3, -0.25) is 0 Å². The van der Waals surface area contributed by atoms with Crippen molar-refractivity contribution in [2.75, 3.05) is 13.6 Å². The molecule has 0 fully saturated rings. The van der Waals surface area contributed by atoms with Gasteiger partial charge in [0.15, 0.2) is 6.54 Å². The molecule has 0 aliphatic carbocycles. The van der Waals surface area contributed by atoms with E-state index < -0.39 is 11.1 Å². The zero-order valence-corrected chi connectivity index (χ0v) is 5.80. The molecule has 11 heavy (non-hydrogen) atoms. The maximum Gasteiger partial charge on any atom is 0.327 e. The molecule has 0 saturated carbocycles. The van der Waals surface area contributed by atoms with E-state index in [0.717, 1.165) is 0 Å². The quantitative estimate of drug-likeness (QED) is 0.193. The molecular weight excluding hydrogens is 160 g/mol. The first-order valence-electron chi connectivity index (χ1n) is 2.56. The lowest BCUT2D eigenvalue weighted by molar-refractivity contribution is -0.664. The summed E-state index contributed by atoms with van der Waals surface area (Å²) in [6.07, 6.45) is 0. The van der Waals surface area contributed by atoms with Crippen LogP contribution >= 0.6 is 0 Å². The molecule has 0 radical (unpaired) electrons. The van der Waals surface area contributed by atoms with Crippen LogP contribution in [0.1, 0.15) is 0 Å².